The van der Waals surface area contributed by atoms with Gasteiger partial charge >= 0.3 is 0 Å². The van der Waals surface area contributed by atoms with Gasteiger partial charge in [0.1, 0.15) is 5.82 Å². The minimum Gasteiger partial charge on any atom is -0.353 e. The van der Waals surface area contributed by atoms with Crippen LogP contribution < -0.4 is 10.2 Å². The first-order valence-electron chi connectivity index (χ1n) is 7.84. The van der Waals surface area contributed by atoms with Crippen molar-refractivity contribution in [3.05, 3.63) is 18.1 Å². The van der Waals surface area contributed by atoms with Crippen LogP contribution in [-0.4, -0.2) is 54.1 Å². The van der Waals surface area contributed by atoms with Crippen molar-refractivity contribution in [2.75, 3.05) is 44.2 Å². The molecule has 1 N–H and O–H groups in total. The Morgan fingerprint density at radius 1 is 1.15 bits per heavy atom. The van der Waals surface area contributed by atoms with E-state index in [0.717, 1.165) is 56.7 Å². The first-order valence-corrected chi connectivity index (χ1v) is 7.84. The molecule has 0 unspecified atom stereocenters. The molecule has 2 aliphatic rings. The van der Waals surface area contributed by atoms with Crippen LogP contribution in [0.2, 0.25) is 0 Å². The lowest BCUT2D eigenvalue weighted by molar-refractivity contribution is 0.247. The summed E-state index contributed by atoms with van der Waals surface area (Å²) in [6, 6.07) is 0. The van der Waals surface area contributed by atoms with Crippen LogP contribution in [0.3, 0.4) is 0 Å². The van der Waals surface area contributed by atoms with Gasteiger partial charge in [-0.15, -0.1) is 0 Å². The number of nitrogens with one attached hydrogen (secondary N) is 1. The zero-order chi connectivity index (χ0) is 13.8. The molecule has 1 aliphatic carbocycles. The van der Waals surface area contributed by atoms with Crippen molar-refractivity contribution < 1.29 is 0 Å². The number of hydrogen-bond acceptors (Lipinski definition) is 5. The molecule has 0 bridgehead atoms. The van der Waals surface area contributed by atoms with Gasteiger partial charge in [-0.3, -0.25) is 9.88 Å². The van der Waals surface area contributed by atoms with E-state index in [4.69, 9.17) is 0 Å². The maximum Gasteiger partial charge on any atom is 0.147 e. The molecular weight excluding hydrogens is 250 g/mol. The molecule has 1 saturated heterocycles. The van der Waals surface area contributed by atoms with Crippen LogP contribution in [0, 0.1) is 5.92 Å². The Labute approximate surface area is 121 Å². The zero-order valence-corrected chi connectivity index (χ0v) is 12.4. The molecule has 0 atom stereocenters. The van der Waals surface area contributed by atoms with E-state index in [9.17, 15) is 0 Å². The van der Waals surface area contributed by atoms with Gasteiger partial charge in [-0.2, -0.15) is 0 Å². The third-order valence-electron chi connectivity index (χ3n) is 4.16. The van der Waals surface area contributed by atoms with E-state index in [1.54, 1.807) is 0 Å². The van der Waals surface area contributed by atoms with Crippen molar-refractivity contribution in [1.29, 1.82) is 0 Å². The van der Waals surface area contributed by atoms with Crippen LogP contribution in [0.25, 0.3) is 0 Å². The van der Waals surface area contributed by atoms with Gasteiger partial charge in [-0.25, -0.2) is 4.98 Å². The summed E-state index contributed by atoms with van der Waals surface area (Å²) in [7, 11) is 0. The van der Waals surface area contributed by atoms with Gasteiger partial charge in [-0.1, -0.05) is 6.92 Å². The van der Waals surface area contributed by atoms with E-state index in [1.165, 1.54) is 19.4 Å². The minimum atomic E-state index is 0.805. The van der Waals surface area contributed by atoms with Crippen LogP contribution >= 0.6 is 0 Å². The lowest BCUT2D eigenvalue weighted by Gasteiger charge is -2.35. The van der Waals surface area contributed by atoms with Gasteiger partial charge < -0.3 is 10.2 Å². The fourth-order valence-electron chi connectivity index (χ4n) is 2.68. The summed E-state index contributed by atoms with van der Waals surface area (Å²) in [5.74, 6) is 2.02. The maximum absolute atomic E-state index is 4.56. The maximum atomic E-state index is 4.56. The molecule has 0 spiro atoms. The normalized spacial score (nSPS) is 20.4. The number of piperazine rings is 1. The van der Waals surface area contributed by atoms with E-state index in [-0.39, 0.29) is 0 Å². The Hall–Kier alpha value is -1.20. The van der Waals surface area contributed by atoms with Crippen LogP contribution in [0.15, 0.2) is 12.4 Å². The van der Waals surface area contributed by atoms with Crippen LogP contribution in [-0.2, 0) is 6.54 Å². The summed E-state index contributed by atoms with van der Waals surface area (Å²) in [6.45, 7) is 9.66. The number of nitrogens with zero attached hydrogens (tertiary/aromatic N) is 4. The van der Waals surface area contributed by atoms with Crippen molar-refractivity contribution in [3.8, 4) is 0 Å². The third kappa shape index (κ3) is 3.67. The number of hydrogen-bond donors (Lipinski definition) is 1. The predicted molar refractivity (Wildman–Crippen MR) is 80.8 cm³/mol. The minimum absolute atomic E-state index is 0.805. The van der Waals surface area contributed by atoms with Crippen molar-refractivity contribution in [2.24, 2.45) is 5.92 Å². The zero-order valence-electron chi connectivity index (χ0n) is 12.4. The highest BCUT2D eigenvalue weighted by Gasteiger charge is 2.26. The van der Waals surface area contributed by atoms with Crippen molar-refractivity contribution in [3.63, 3.8) is 0 Å². The van der Waals surface area contributed by atoms with Gasteiger partial charge in [0.15, 0.2) is 0 Å². The topological polar surface area (TPSA) is 44.3 Å². The van der Waals surface area contributed by atoms with E-state index in [2.05, 4.69) is 32.0 Å². The highest BCUT2D eigenvalue weighted by atomic mass is 15.3. The van der Waals surface area contributed by atoms with E-state index < -0.39 is 0 Å². The van der Waals surface area contributed by atoms with Crippen LogP contribution in [0.4, 0.5) is 5.82 Å². The van der Waals surface area contributed by atoms with E-state index >= 15 is 0 Å². The molecule has 1 aromatic heterocycles. The first-order chi connectivity index (χ1) is 9.85. The summed E-state index contributed by atoms with van der Waals surface area (Å²) < 4.78 is 0. The highest BCUT2D eigenvalue weighted by Crippen LogP contribution is 2.30. The number of rotatable bonds is 6. The Balaban J connectivity index is 1.49. The molecule has 0 aromatic carbocycles. The largest absolute Gasteiger partial charge is 0.353 e. The Morgan fingerprint density at radius 2 is 1.95 bits per heavy atom. The molecule has 3 rings (SSSR count). The molecule has 1 saturated carbocycles. The van der Waals surface area contributed by atoms with Crippen molar-refractivity contribution >= 4 is 5.82 Å². The lowest BCUT2D eigenvalue weighted by Crippen LogP contribution is -2.47. The van der Waals surface area contributed by atoms with E-state index in [1.807, 2.05) is 12.4 Å². The average Bonchev–Trinajstić information content (AvgIpc) is 3.31. The summed E-state index contributed by atoms with van der Waals surface area (Å²) in [6.07, 6.45) is 6.70. The van der Waals surface area contributed by atoms with Gasteiger partial charge in [0.2, 0.25) is 0 Å². The second-order valence-electron chi connectivity index (χ2n) is 5.88. The van der Waals surface area contributed by atoms with Crippen LogP contribution in [0.5, 0.6) is 0 Å². The molecule has 5 nitrogen and oxygen atoms in total. The molecule has 0 radical (unpaired) electrons. The Bertz CT molecular complexity index is 407. The number of aromatic nitrogens is 2. The molecule has 1 aromatic rings. The van der Waals surface area contributed by atoms with Crippen LogP contribution in [0.1, 0.15) is 25.5 Å². The van der Waals surface area contributed by atoms with Crippen molar-refractivity contribution in [1.82, 2.24) is 20.2 Å². The molecule has 2 heterocycles. The second kappa shape index (κ2) is 6.50. The summed E-state index contributed by atoms with van der Waals surface area (Å²) in [5.41, 5.74) is 1.02. The van der Waals surface area contributed by atoms with Crippen molar-refractivity contribution in [2.45, 2.75) is 26.3 Å². The summed E-state index contributed by atoms with van der Waals surface area (Å²) in [5, 5.41) is 3.27. The highest BCUT2D eigenvalue weighted by molar-refractivity contribution is 5.36. The quantitative estimate of drug-likeness (QED) is 0.843. The number of anilines is 1. The first kappa shape index (κ1) is 13.8. The molecule has 1 aliphatic heterocycles. The standard InChI is InChI=1S/C15H25N5/c1-2-16-9-14-10-18-15(11-17-14)20-7-5-19(6-8-20)12-13-3-4-13/h10-11,13,16H,2-9,12H2,1H3. The van der Waals surface area contributed by atoms with Gasteiger partial charge in [-0.05, 0) is 25.3 Å². The Kier molecular flexibility index (Phi) is 4.47. The fourth-order valence-corrected chi connectivity index (χ4v) is 2.68. The molecule has 5 heteroatoms. The van der Waals surface area contributed by atoms with Gasteiger partial charge in [0, 0.05) is 39.3 Å². The molecule has 20 heavy (non-hydrogen) atoms. The lowest BCUT2D eigenvalue weighted by atomic mass is 10.3. The van der Waals surface area contributed by atoms with E-state index in [0.29, 0.717) is 0 Å². The summed E-state index contributed by atoms with van der Waals surface area (Å²) in [4.78, 5) is 14.0. The fraction of sp³-hybridized carbons (Fsp3) is 0.733. The molecular formula is C15H25N5. The smallest absolute Gasteiger partial charge is 0.147 e. The molecule has 0 amide bonds. The summed E-state index contributed by atoms with van der Waals surface area (Å²) >= 11 is 0. The molecule has 2 fully saturated rings. The molecule has 110 valence electrons. The monoisotopic (exact) mass is 275 g/mol. The second-order valence-corrected chi connectivity index (χ2v) is 5.88. The van der Waals surface area contributed by atoms with Gasteiger partial charge in [0.05, 0.1) is 18.1 Å². The Morgan fingerprint density at radius 3 is 2.55 bits per heavy atom. The third-order valence-corrected chi connectivity index (χ3v) is 4.16. The average molecular weight is 275 g/mol. The predicted octanol–water partition coefficient (Wildman–Crippen LogP) is 1.12. The van der Waals surface area contributed by atoms with Gasteiger partial charge in [0.25, 0.3) is 0 Å². The SMILES string of the molecule is CCNCc1cnc(N2CCN(CC3CC3)CC2)cn1.